The van der Waals surface area contributed by atoms with Crippen LogP contribution in [0.2, 0.25) is 5.02 Å². The molecular formula is C22H24ClNO5. The molecule has 0 aromatic heterocycles. The molecule has 1 atom stereocenters. The van der Waals surface area contributed by atoms with Crippen LogP contribution in [0.4, 0.5) is 5.69 Å². The number of nitrogens with one attached hydrogen (secondary N) is 1. The first-order chi connectivity index (χ1) is 13.9. The molecule has 7 heteroatoms. The molecule has 2 aromatic rings. The maximum Gasteiger partial charge on any atom is 0.338 e. The Morgan fingerprint density at radius 3 is 2.62 bits per heavy atom. The predicted octanol–water partition coefficient (Wildman–Crippen LogP) is 4.31. The Bertz CT molecular complexity index is 852. The number of esters is 1. The minimum atomic E-state index is -0.586. The van der Waals surface area contributed by atoms with Crippen molar-refractivity contribution in [2.24, 2.45) is 0 Å². The topological polar surface area (TPSA) is 73.9 Å². The van der Waals surface area contributed by atoms with Crippen LogP contribution in [0.1, 0.15) is 34.3 Å². The molecular weight excluding hydrogens is 394 g/mol. The van der Waals surface area contributed by atoms with E-state index in [-0.39, 0.29) is 6.10 Å². The summed E-state index contributed by atoms with van der Waals surface area (Å²) in [5.41, 5.74) is 2.70. The van der Waals surface area contributed by atoms with Gasteiger partial charge in [-0.05, 0) is 68.1 Å². The van der Waals surface area contributed by atoms with Gasteiger partial charge in [0.2, 0.25) is 0 Å². The number of carbonyl (C=O) groups is 2. The molecule has 0 unspecified atom stereocenters. The summed E-state index contributed by atoms with van der Waals surface area (Å²) in [5, 5.41) is 3.13. The number of anilines is 1. The Hall–Kier alpha value is -2.57. The fraction of sp³-hybridized carbons (Fsp3) is 0.364. The number of rotatable bonds is 7. The van der Waals surface area contributed by atoms with Gasteiger partial charge in [-0.15, -0.1) is 0 Å². The highest BCUT2D eigenvalue weighted by molar-refractivity contribution is 6.34. The van der Waals surface area contributed by atoms with E-state index in [1.807, 2.05) is 19.9 Å². The Labute approximate surface area is 175 Å². The molecule has 1 saturated heterocycles. The van der Waals surface area contributed by atoms with Crippen molar-refractivity contribution in [3.63, 3.8) is 0 Å². The minimum Gasteiger partial charge on any atom is -0.491 e. The minimum absolute atomic E-state index is 0.129. The quantitative estimate of drug-likeness (QED) is 0.679. The van der Waals surface area contributed by atoms with Crippen molar-refractivity contribution in [2.75, 3.05) is 25.1 Å². The molecule has 154 valence electrons. The van der Waals surface area contributed by atoms with Crippen LogP contribution < -0.4 is 10.1 Å². The van der Waals surface area contributed by atoms with Crippen LogP contribution >= 0.6 is 11.6 Å². The molecule has 1 aliphatic heterocycles. The number of hydrogen-bond acceptors (Lipinski definition) is 5. The average Bonchev–Trinajstić information content (AvgIpc) is 3.21. The third-order valence-corrected chi connectivity index (χ3v) is 4.88. The van der Waals surface area contributed by atoms with Crippen molar-refractivity contribution in [3.05, 3.63) is 58.1 Å². The Balaban J connectivity index is 1.48. The first kappa shape index (κ1) is 21.1. The highest BCUT2D eigenvalue weighted by atomic mass is 35.5. The van der Waals surface area contributed by atoms with Gasteiger partial charge >= 0.3 is 5.97 Å². The van der Waals surface area contributed by atoms with E-state index in [0.717, 1.165) is 30.6 Å². The first-order valence-corrected chi connectivity index (χ1v) is 9.88. The zero-order valence-electron chi connectivity index (χ0n) is 16.5. The molecule has 0 bridgehead atoms. The maximum atomic E-state index is 12.2. The van der Waals surface area contributed by atoms with Gasteiger partial charge in [0.1, 0.15) is 12.4 Å². The van der Waals surface area contributed by atoms with Gasteiger partial charge in [0.25, 0.3) is 5.91 Å². The van der Waals surface area contributed by atoms with Gasteiger partial charge in [0, 0.05) is 6.61 Å². The van der Waals surface area contributed by atoms with Crippen molar-refractivity contribution < 1.29 is 23.8 Å². The Morgan fingerprint density at radius 2 is 1.97 bits per heavy atom. The van der Waals surface area contributed by atoms with Crippen LogP contribution in [-0.4, -0.2) is 37.8 Å². The van der Waals surface area contributed by atoms with Crippen LogP contribution in [-0.2, 0) is 14.3 Å². The molecule has 29 heavy (non-hydrogen) atoms. The summed E-state index contributed by atoms with van der Waals surface area (Å²) >= 11 is 6.18. The monoisotopic (exact) mass is 417 g/mol. The van der Waals surface area contributed by atoms with E-state index < -0.39 is 18.5 Å². The van der Waals surface area contributed by atoms with Gasteiger partial charge in [-0.1, -0.05) is 17.7 Å². The number of carbonyl (C=O) groups excluding carboxylic acids is 2. The largest absolute Gasteiger partial charge is 0.491 e. The zero-order chi connectivity index (χ0) is 20.8. The number of aryl methyl sites for hydroxylation is 2. The van der Waals surface area contributed by atoms with E-state index in [1.165, 1.54) is 0 Å². The molecule has 2 aromatic carbocycles. The Kier molecular flexibility index (Phi) is 7.12. The number of hydrogen-bond donors (Lipinski definition) is 1. The highest BCUT2D eigenvalue weighted by Crippen LogP contribution is 2.27. The molecule has 3 rings (SSSR count). The molecule has 1 aliphatic rings. The molecule has 6 nitrogen and oxygen atoms in total. The van der Waals surface area contributed by atoms with E-state index in [4.69, 9.17) is 25.8 Å². The lowest BCUT2D eigenvalue weighted by atomic mass is 10.1. The number of amides is 1. The molecule has 0 radical (unpaired) electrons. The van der Waals surface area contributed by atoms with Gasteiger partial charge < -0.3 is 19.5 Å². The third kappa shape index (κ3) is 5.95. The van der Waals surface area contributed by atoms with Gasteiger partial charge in [0.15, 0.2) is 6.61 Å². The second-order valence-electron chi connectivity index (χ2n) is 7.03. The fourth-order valence-electron chi connectivity index (χ4n) is 3.12. The molecule has 1 fully saturated rings. The van der Waals surface area contributed by atoms with E-state index >= 15 is 0 Å². The zero-order valence-corrected chi connectivity index (χ0v) is 17.3. The SMILES string of the molecule is Cc1cc(C)c(NC(=O)COC(=O)c2ccc(OC[C@H]3CCCO3)cc2)c(Cl)c1. The van der Waals surface area contributed by atoms with E-state index in [2.05, 4.69) is 5.32 Å². The average molecular weight is 418 g/mol. The molecule has 0 spiro atoms. The fourth-order valence-corrected chi connectivity index (χ4v) is 3.48. The maximum absolute atomic E-state index is 12.2. The summed E-state index contributed by atoms with van der Waals surface area (Å²) in [4.78, 5) is 24.3. The number of halogens is 1. The van der Waals surface area contributed by atoms with Crippen molar-refractivity contribution in [3.8, 4) is 5.75 Å². The molecule has 0 aliphatic carbocycles. The van der Waals surface area contributed by atoms with Gasteiger partial charge in [-0.2, -0.15) is 0 Å². The summed E-state index contributed by atoms with van der Waals surface area (Å²) < 4.78 is 16.3. The summed E-state index contributed by atoms with van der Waals surface area (Å²) in [7, 11) is 0. The van der Waals surface area contributed by atoms with Gasteiger partial charge in [-0.3, -0.25) is 4.79 Å². The molecule has 1 N–H and O–H groups in total. The summed E-state index contributed by atoms with van der Waals surface area (Å²) in [6.45, 7) is 4.64. The molecule has 1 heterocycles. The molecule has 1 amide bonds. The van der Waals surface area contributed by atoms with E-state index in [9.17, 15) is 9.59 Å². The lowest BCUT2D eigenvalue weighted by Crippen LogP contribution is -2.21. The van der Waals surface area contributed by atoms with Crippen molar-refractivity contribution >= 4 is 29.2 Å². The normalized spacial score (nSPS) is 15.8. The number of benzene rings is 2. The van der Waals surface area contributed by atoms with Crippen LogP contribution in [0.3, 0.4) is 0 Å². The summed E-state index contributed by atoms with van der Waals surface area (Å²) in [5.74, 6) is -0.388. The summed E-state index contributed by atoms with van der Waals surface area (Å²) in [6, 6.07) is 10.3. The predicted molar refractivity (Wildman–Crippen MR) is 111 cm³/mol. The van der Waals surface area contributed by atoms with E-state index in [1.54, 1.807) is 30.3 Å². The van der Waals surface area contributed by atoms with Crippen molar-refractivity contribution in [1.29, 1.82) is 0 Å². The van der Waals surface area contributed by atoms with Crippen molar-refractivity contribution in [2.45, 2.75) is 32.8 Å². The standard InChI is InChI=1S/C22H24ClNO5/c1-14-10-15(2)21(19(23)11-14)24-20(25)13-29-22(26)16-5-7-17(8-6-16)28-12-18-4-3-9-27-18/h5-8,10-11,18H,3-4,9,12-13H2,1-2H3,(H,24,25)/t18-/m1/s1. The number of ether oxygens (including phenoxy) is 3. The summed E-state index contributed by atoms with van der Waals surface area (Å²) in [6.07, 6.45) is 2.19. The molecule has 0 saturated carbocycles. The van der Waals surface area contributed by atoms with Crippen LogP contribution in [0.5, 0.6) is 5.75 Å². The lowest BCUT2D eigenvalue weighted by Gasteiger charge is -2.12. The van der Waals surface area contributed by atoms with E-state index in [0.29, 0.717) is 28.6 Å². The second kappa shape index (κ2) is 9.76. The smallest absolute Gasteiger partial charge is 0.338 e. The Morgan fingerprint density at radius 1 is 1.21 bits per heavy atom. The van der Waals surface area contributed by atoms with Gasteiger partial charge in [-0.25, -0.2) is 4.79 Å². The van der Waals surface area contributed by atoms with Crippen LogP contribution in [0.25, 0.3) is 0 Å². The first-order valence-electron chi connectivity index (χ1n) is 9.50. The van der Waals surface area contributed by atoms with Crippen LogP contribution in [0, 0.1) is 13.8 Å². The highest BCUT2D eigenvalue weighted by Gasteiger charge is 2.16. The van der Waals surface area contributed by atoms with Gasteiger partial charge in [0.05, 0.1) is 22.4 Å². The van der Waals surface area contributed by atoms with Crippen LogP contribution in [0.15, 0.2) is 36.4 Å². The second-order valence-corrected chi connectivity index (χ2v) is 7.44. The lowest BCUT2D eigenvalue weighted by molar-refractivity contribution is -0.119. The van der Waals surface area contributed by atoms with Crippen molar-refractivity contribution in [1.82, 2.24) is 0 Å². The third-order valence-electron chi connectivity index (χ3n) is 4.58.